The monoisotopic (exact) mass is 442 g/mol. The van der Waals surface area contributed by atoms with Crippen LogP contribution in [0.2, 0.25) is 0 Å². The highest BCUT2D eigenvalue weighted by molar-refractivity contribution is 5.88. The maximum atomic E-state index is 12.3. The molecule has 12 heteroatoms. The Balaban J connectivity index is 1.93. The van der Waals surface area contributed by atoms with Gasteiger partial charge in [-0.2, -0.15) is 0 Å². The summed E-state index contributed by atoms with van der Waals surface area (Å²) in [4.78, 5) is 36.3. The Morgan fingerprint density at radius 1 is 1.10 bits per heavy atom. The van der Waals surface area contributed by atoms with E-state index in [1.54, 1.807) is 30.3 Å². The third-order valence-corrected chi connectivity index (χ3v) is 4.58. The Labute approximate surface area is 177 Å². The molecule has 0 aromatic heterocycles. The number of amides is 2. The van der Waals surface area contributed by atoms with E-state index in [2.05, 4.69) is 15.4 Å². The Morgan fingerprint density at radius 3 is 2.39 bits per heavy atom. The highest BCUT2D eigenvalue weighted by Crippen LogP contribution is 2.19. The molecule has 0 spiro atoms. The molecule has 12 nitrogen and oxygen atoms in total. The highest BCUT2D eigenvalue weighted by atomic mass is 16.6. The van der Waals surface area contributed by atoms with E-state index in [0.717, 1.165) is 7.11 Å². The maximum absolute atomic E-state index is 12.3. The van der Waals surface area contributed by atoms with E-state index >= 15 is 0 Å². The Morgan fingerprint density at radius 2 is 1.77 bits per heavy atom. The van der Waals surface area contributed by atoms with Crippen LogP contribution in [0.4, 0.5) is 4.79 Å². The number of nitrogens with one attached hydrogen (secondary N) is 2. The van der Waals surface area contributed by atoms with Gasteiger partial charge in [-0.1, -0.05) is 30.3 Å². The number of hydrogen-bond donors (Lipinski definition) is 6. The molecule has 1 fully saturated rings. The third kappa shape index (κ3) is 6.87. The molecule has 6 atom stereocenters. The summed E-state index contributed by atoms with van der Waals surface area (Å²) in [7, 11) is 1.07. The van der Waals surface area contributed by atoms with Gasteiger partial charge in [-0.25, -0.2) is 9.59 Å². The van der Waals surface area contributed by atoms with Crippen molar-refractivity contribution in [3.8, 4) is 0 Å². The molecule has 6 N–H and O–H groups in total. The molecule has 1 saturated heterocycles. The Kier molecular flexibility index (Phi) is 9.15. The summed E-state index contributed by atoms with van der Waals surface area (Å²) in [5.41, 5.74) is 0.715. The molecule has 31 heavy (non-hydrogen) atoms. The molecule has 172 valence electrons. The van der Waals surface area contributed by atoms with E-state index in [1.807, 2.05) is 0 Å². The number of aliphatic hydroxyl groups excluding tert-OH is 4. The zero-order chi connectivity index (χ0) is 23.0. The van der Waals surface area contributed by atoms with E-state index < -0.39 is 67.7 Å². The second kappa shape index (κ2) is 11.6. The van der Waals surface area contributed by atoms with Crippen molar-refractivity contribution in [2.75, 3.05) is 13.7 Å². The number of ether oxygens (including phenoxy) is 3. The molecule has 2 rings (SSSR count). The molecule has 1 aromatic carbocycles. The average molecular weight is 442 g/mol. The first-order chi connectivity index (χ1) is 14.8. The number of methoxy groups -OCH3 is 1. The maximum Gasteiger partial charge on any atom is 0.408 e. The van der Waals surface area contributed by atoms with Crippen molar-refractivity contribution in [1.29, 1.82) is 0 Å². The molecular formula is C19H26N2O10. The zero-order valence-electron chi connectivity index (χ0n) is 16.7. The summed E-state index contributed by atoms with van der Waals surface area (Å²) < 4.78 is 14.8. The van der Waals surface area contributed by atoms with Crippen LogP contribution in [0, 0.1) is 0 Å². The molecule has 1 heterocycles. The second-order valence-electron chi connectivity index (χ2n) is 6.80. The predicted octanol–water partition coefficient (Wildman–Crippen LogP) is -2.24. The third-order valence-electron chi connectivity index (χ3n) is 4.58. The molecule has 0 aliphatic carbocycles. The lowest BCUT2D eigenvalue weighted by Crippen LogP contribution is -2.63. The molecule has 0 radical (unpaired) electrons. The van der Waals surface area contributed by atoms with Crippen LogP contribution in [0.25, 0.3) is 0 Å². The lowest BCUT2D eigenvalue weighted by atomic mass is 9.98. The molecule has 1 aromatic rings. The summed E-state index contributed by atoms with van der Waals surface area (Å²) >= 11 is 0. The molecular weight excluding hydrogens is 416 g/mol. The molecule has 1 aliphatic rings. The van der Waals surface area contributed by atoms with Crippen LogP contribution in [0.15, 0.2) is 30.3 Å². The van der Waals surface area contributed by atoms with Crippen molar-refractivity contribution < 1.29 is 49.0 Å². The van der Waals surface area contributed by atoms with E-state index in [0.29, 0.717) is 5.56 Å². The molecule has 1 aliphatic heterocycles. The lowest BCUT2D eigenvalue weighted by Gasteiger charge is -2.40. The lowest BCUT2D eigenvalue weighted by molar-refractivity contribution is -0.236. The van der Waals surface area contributed by atoms with Crippen LogP contribution >= 0.6 is 0 Å². The van der Waals surface area contributed by atoms with Gasteiger partial charge in [0, 0.05) is 0 Å². The number of aliphatic hydroxyl groups is 4. The van der Waals surface area contributed by atoms with Gasteiger partial charge in [0.1, 0.15) is 37.1 Å². The fraction of sp³-hybridized carbons (Fsp3) is 0.526. The van der Waals surface area contributed by atoms with Gasteiger partial charge in [-0.3, -0.25) is 4.79 Å². The fourth-order valence-corrected chi connectivity index (χ4v) is 2.87. The summed E-state index contributed by atoms with van der Waals surface area (Å²) in [6.45, 7) is -0.728. The largest absolute Gasteiger partial charge is 0.467 e. The first-order valence-electron chi connectivity index (χ1n) is 9.41. The van der Waals surface area contributed by atoms with E-state index in [4.69, 9.17) is 9.47 Å². The van der Waals surface area contributed by atoms with Crippen LogP contribution in [-0.4, -0.2) is 88.8 Å². The van der Waals surface area contributed by atoms with Crippen molar-refractivity contribution in [2.24, 2.45) is 0 Å². The van der Waals surface area contributed by atoms with Crippen molar-refractivity contribution in [3.05, 3.63) is 35.9 Å². The van der Waals surface area contributed by atoms with Crippen LogP contribution in [-0.2, 0) is 30.4 Å². The van der Waals surface area contributed by atoms with E-state index in [9.17, 15) is 34.8 Å². The van der Waals surface area contributed by atoms with Crippen molar-refractivity contribution in [1.82, 2.24) is 10.6 Å². The van der Waals surface area contributed by atoms with Gasteiger partial charge in [-0.05, 0) is 5.56 Å². The fourth-order valence-electron chi connectivity index (χ4n) is 2.87. The zero-order valence-corrected chi connectivity index (χ0v) is 16.7. The van der Waals surface area contributed by atoms with Crippen molar-refractivity contribution in [3.63, 3.8) is 0 Å². The molecule has 0 bridgehead atoms. The molecule has 2 amide bonds. The second-order valence-corrected chi connectivity index (χ2v) is 6.80. The van der Waals surface area contributed by atoms with Crippen molar-refractivity contribution >= 4 is 18.0 Å². The number of hydrogen-bond acceptors (Lipinski definition) is 10. The minimum atomic E-state index is -1.69. The SMILES string of the molecule is COC(=O)[C@H](CC(=O)N[C@@H]1O[C@H](CO)[C@H](O)[C@H](O)[C@H]1O)NC(=O)OCc1ccccc1. The van der Waals surface area contributed by atoms with Crippen LogP contribution in [0.1, 0.15) is 12.0 Å². The van der Waals surface area contributed by atoms with Gasteiger partial charge < -0.3 is 45.3 Å². The number of carbonyl (C=O) groups excluding carboxylic acids is 3. The standard InChI is InChI=1S/C19H26N2O10/c1-29-18(27)11(20-19(28)30-9-10-5-3-2-4-6-10)7-13(23)21-17-16(26)15(25)14(24)12(8-22)31-17/h2-6,11-12,14-17,22,24-26H,7-9H2,1H3,(H,20,28)(H,21,23)/t11-,12+,14-,15-,16+,17+/m0/s1. The van der Waals surface area contributed by atoms with Gasteiger partial charge in [0.25, 0.3) is 0 Å². The summed E-state index contributed by atoms with van der Waals surface area (Å²) in [6, 6.07) is 7.38. The van der Waals surface area contributed by atoms with Crippen LogP contribution < -0.4 is 10.6 Å². The minimum absolute atomic E-state index is 0.0579. The number of alkyl carbamates (subject to hydrolysis) is 1. The van der Waals surface area contributed by atoms with E-state index in [1.165, 1.54) is 0 Å². The quantitative estimate of drug-likeness (QED) is 0.241. The minimum Gasteiger partial charge on any atom is -0.467 e. The molecule has 0 saturated carbocycles. The summed E-state index contributed by atoms with van der Waals surface area (Å²) in [6.07, 6.45) is -9.20. The first-order valence-corrected chi connectivity index (χ1v) is 9.41. The number of rotatable bonds is 8. The number of carbonyl (C=O) groups is 3. The van der Waals surface area contributed by atoms with Gasteiger partial charge in [0.15, 0.2) is 6.23 Å². The molecule has 0 unspecified atom stereocenters. The predicted molar refractivity (Wildman–Crippen MR) is 102 cm³/mol. The van der Waals surface area contributed by atoms with Gasteiger partial charge in [0.05, 0.1) is 20.1 Å². The van der Waals surface area contributed by atoms with Gasteiger partial charge in [-0.15, -0.1) is 0 Å². The summed E-state index contributed by atoms with van der Waals surface area (Å²) in [5.74, 6) is -1.76. The van der Waals surface area contributed by atoms with E-state index in [-0.39, 0.29) is 6.61 Å². The van der Waals surface area contributed by atoms with Crippen LogP contribution in [0.5, 0.6) is 0 Å². The topological polar surface area (TPSA) is 184 Å². The Hall–Kier alpha value is -2.77. The average Bonchev–Trinajstić information content (AvgIpc) is 2.77. The number of esters is 1. The van der Waals surface area contributed by atoms with Crippen LogP contribution in [0.3, 0.4) is 0 Å². The smallest absolute Gasteiger partial charge is 0.408 e. The normalized spacial score (nSPS) is 26.4. The van der Waals surface area contributed by atoms with Gasteiger partial charge in [0.2, 0.25) is 5.91 Å². The first kappa shape index (κ1) is 24.5. The highest BCUT2D eigenvalue weighted by Gasteiger charge is 2.44. The van der Waals surface area contributed by atoms with Gasteiger partial charge >= 0.3 is 12.1 Å². The Bertz CT molecular complexity index is 744. The van der Waals surface area contributed by atoms with Crippen molar-refractivity contribution in [2.45, 2.75) is 49.7 Å². The number of benzene rings is 1. The summed E-state index contributed by atoms with van der Waals surface area (Å²) in [5, 5.41) is 43.1.